The maximum Gasteiger partial charge on any atom is 0.341 e. The summed E-state index contributed by atoms with van der Waals surface area (Å²) in [4.78, 5) is 22.7. The van der Waals surface area contributed by atoms with Crippen molar-refractivity contribution in [2.24, 2.45) is 5.41 Å². The van der Waals surface area contributed by atoms with Crippen molar-refractivity contribution in [2.45, 2.75) is 38.9 Å². The third kappa shape index (κ3) is 4.37. The molecule has 2 fully saturated rings. The molecule has 30 heavy (non-hydrogen) atoms. The van der Waals surface area contributed by atoms with E-state index in [-0.39, 0.29) is 11.5 Å². The molecule has 2 heterocycles. The van der Waals surface area contributed by atoms with Gasteiger partial charge in [-0.05, 0) is 43.9 Å². The van der Waals surface area contributed by atoms with Gasteiger partial charge in [0.2, 0.25) is 5.95 Å². The monoisotopic (exact) mass is 431 g/mol. The molecule has 1 saturated heterocycles. The summed E-state index contributed by atoms with van der Waals surface area (Å²) in [5.74, 6) is 0.866. The first kappa shape index (κ1) is 20.9. The van der Waals surface area contributed by atoms with E-state index in [9.17, 15) is 4.79 Å². The van der Waals surface area contributed by atoms with Gasteiger partial charge in [-0.25, -0.2) is 14.8 Å². The summed E-state index contributed by atoms with van der Waals surface area (Å²) < 4.78 is 16.6. The minimum Gasteiger partial charge on any atom is -0.495 e. The standard InChI is InChI=1S/C22H26ClN3O4/c1-3-29-20(27)16-11-24-21(25-12-16)26-9-8-22(6-7-22)19(13-26)30-14-15-4-5-18(28-2)17(23)10-15/h4-5,10-12,19H,3,6-9,13-14H2,1-2H3. The van der Waals surface area contributed by atoms with E-state index in [0.29, 0.717) is 35.5 Å². The number of aromatic nitrogens is 2. The predicted molar refractivity (Wildman–Crippen MR) is 113 cm³/mol. The summed E-state index contributed by atoms with van der Waals surface area (Å²) in [6, 6.07) is 5.72. The molecule has 1 unspecified atom stereocenters. The number of carbonyl (C=O) groups excluding carboxylic acids is 1. The van der Waals surface area contributed by atoms with Gasteiger partial charge in [-0.3, -0.25) is 0 Å². The molecule has 1 aliphatic heterocycles. The van der Waals surface area contributed by atoms with Crippen LogP contribution in [-0.4, -0.2) is 48.8 Å². The Hall–Kier alpha value is -2.38. The van der Waals surface area contributed by atoms with Crippen LogP contribution in [0.15, 0.2) is 30.6 Å². The van der Waals surface area contributed by atoms with Crippen molar-refractivity contribution in [2.75, 3.05) is 31.7 Å². The Morgan fingerprint density at radius 1 is 1.27 bits per heavy atom. The van der Waals surface area contributed by atoms with Crippen molar-refractivity contribution < 1.29 is 19.0 Å². The number of benzene rings is 1. The van der Waals surface area contributed by atoms with Crippen LogP contribution in [0.4, 0.5) is 5.95 Å². The van der Waals surface area contributed by atoms with E-state index in [1.165, 1.54) is 25.2 Å². The van der Waals surface area contributed by atoms with Crippen molar-refractivity contribution in [3.8, 4) is 5.75 Å². The van der Waals surface area contributed by atoms with Crippen LogP contribution in [0.3, 0.4) is 0 Å². The summed E-state index contributed by atoms with van der Waals surface area (Å²) >= 11 is 6.24. The lowest BCUT2D eigenvalue weighted by Crippen LogP contribution is -2.47. The van der Waals surface area contributed by atoms with Gasteiger partial charge in [0.05, 0.1) is 37.0 Å². The number of halogens is 1. The highest BCUT2D eigenvalue weighted by molar-refractivity contribution is 6.32. The van der Waals surface area contributed by atoms with Crippen molar-refractivity contribution in [3.05, 3.63) is 46.7 Å². The first-order chi connectivity index (χ1) is 14.5. The van der Waals surface area contributed by atoms with Gasteiger partial charge in [0, 0.05) is 30.9 Å². The zero-order chi connectivity index (χ0) is 21.1. The van der Waals surface area contributed by atoms with Crippen molar-refractivity contribution in [1.29, 1.82) is 0 Å². The topological polar surface area (TPSA) is 73.8 Å². The molecule has 2 aromatic rings. The molecule has 1 aromatic heterocycles. The molecule has 1 atom stereocenters. The smallest absolute Gasteiger partial charge is 0.341 e. The average molecular weight is 432 g/mol. The molecule has 7 nitrogen and oxygen atoms in total. The van der Waals surface area contributed by atoms with Crippen LogP contribution in [0, 0.1) is 5.41 Å². The van der Waals surface area contributed by atoms with Gasteiger partial charge < -0.3 is 19.1 Å². The van der Waals surface area contributed by atoms with Crippen LogP contribution in [0.1, 0.15) is 42.1 Å². The van der Waals surface area contributed by atoms with Gasteiger partial charge >= 0.3 is 5.97 Å². The molecule has 0 N–H and O–H groups in total. The summed E-state index contributed by atoms with van der Waals surface area (Å²) in [5, 5.41) is 0.583. The van der Waals surface area contributed by atoms with Crippen LogP contribution in [0.2, 0.25) is 5.02 Å². The summed E-state index contributed by atoms with van der Waals surface area (Å²) in [6.45, 7) is 4.20. The van der Waals surface area contributed by atoms with Gasteiger partial charge in [-0.1, -0.05) is 17.7 Å². The molecule has 1 aromatic carbocycles. The molecule has 4 rings (SSSR count). The number of hydrogen-bond donors (Lipinski definition) is 0. The molecule has 1 saturated carbocycles. The number of nitrogens with zero attached hydrogens (tertiary/aromatic N) is 3. The second kappa shape index (κ2) is 8.78. The molecule has 8 heteroatoms. The van der Waals surface area contributed by atoms with E-state index in [1.807, 2.05) is 18.2 Å². The summed E-state index contributed by atoms with van der Waals surface area (Å²) in [7, 11) is 1.60. The van der Waals surface area contributed by atoms with Crippen molar-refractivity contribution >= 4 is 23.5 Å². The van der Waals surface area contributed by atoms with Gasteiger partial charge in [0.15, 0.2) is 0 Å². The molecule has 2 aliphatic rings. The predicted octanol–water partition coefficient (Wildman–Crippen LogP) is 3.89. The lowest BCUT2D eigenvalue weighted by molar-refractivity contribution is -0.0166. The number of piperidine rings is 1. The van der Waals surface area contributed by atoms with E-state index < -0.39 is 5.97 Å². The highest BCUT2D eigenvalue weighted by atomic mass is 35.5. The fourth-order valence-electron chi connectivity index (χ4n) is 3.95. The molecule has 1 spiro atoms. The Balaban J connectivity index is 1.41. The second-order valence-electron chi connectivity index (χ2n) is 7.82. The lowest BCUT2D eigenvalue weighted by atomic mass is 9.90. The molecule has 160 valence electrons. The SMILES string of the molecule is CCOC(=O)c1cnc(N2CCC3(CC3)C(OCc3ccc(OC)c(Cl)c3)C2)nc1. The third-order valence-electron chi connectivity index (χ3n) is 5.94. The number of esters is 1. The van der Waals surface area contributed by atoms with Crippen molar-refractivity contribution in [1.82, 2.24) is 9.97 Å². The molecular weight excluding hydrogens is 406 g/mol. The van der Waals surface area contributed by atoms with Crippen LogP contribution in [0.25, 0.3) is 0 Å². The average Bonchev–Trinajstić information content (AvgIpc) is 3.54. The zero-order valence-electron chi connectivity index (χ0n) is 17.3. The number of carbonyl (C=O) groups is 1. The van der Waals surface area contributed by atoms with Crippen molar-refractivity contribution in [3.63, 3.8) is 0 Å². The zero-order valence-corrected chi connectivity index (χ0v) is 18.0. The quantitative estimate of drug-likeness (QED) is 0.615. The highest BCUT2D eigenvalue weighted by Crippen LogP contribution is 2.55. The van der Waals surface area contributed by atoms with E-state index in [2.05, 4.69) is 14.9 Å². The van der Waals surface area contributed by atoms with E-state index in [0.717, 1.165) is 25.1 Å². The Kier molecular flexibility index (Phi) is 6.11. The Labute approximate surface area is 181 Å². The van der Waals surface area contributed by atoms with Gasteiger partial charge in [-0.2, -0.15) is 0 Å². The Morgan fingerprint density at radius 2 is 2.03 bits per heavy atom. The molecule has 0 radical (unpaired) electrons. The third-order valence-corrected chi connectivity index (χ3v) is 6.24. The highest BCUT2D eigenvalue weighted by Gasteiger charge is 2.52. The number of rotatable bonds is 7. The minimum atomic E-state index is -0.404. The maximum absolute atomic E-state index is 11.8. The van der Waals surface area contributed by atoms with Gasteiger partial charge in [0.25, 0.3) is 0 Å². The maximum atomic E-state index is 11.8. The molecule has 0 amide bonds. The van der Waals surface area contributed by atoms with Gasteiger partial charge in [-0.15, -0.1) is 0 Å². The minimum absolute atomic E-state index is 0.0976. The Bertz CT molecular complexity index is 902. The molecule has 1 aliphatic carbocycles. The largest absolute Gasteiger partial charge is 0.495 e. The van der Waals surface area contributed by atoms with Crippen LogP contribution in [-0.2, 0) is 16.1 Å². The number of anilines is 1. The first-order valence-electron chi connectivity index (χ1n) is 10.2. The first-order valence-corrected chi connectivity index (χ1v) is 10.6. The normalized spacial score (nSPS) is 19.6. The Morgan fingerprint density at radius 3 is 2.67 bits per heavy atom. The van der Waals surface area contributed by atoms with E-state index >= 15 is 0 Å². The van der Waals surface area contributed by atoms with Crippen LogP contribution in [0.5, 0.6) is 5.75 Å². The molecular formula is C22H26ClN3O4. The second-order valence-corrected chi connectivity index (χ2v) is 8.23. The molecule has 0 bridgehead atoms. The van der Waals surface area contributed by atoms with Crippen LogP contribution < -0.4 is 9.64 Å². The van der Waals surface area contributed by atoms with E-state index in [1.54, 1.807) is 14.0 Å². The number of ether oxygens (including phenoxy) is 3. The van der Waals surface area contributed by atoms with E-state index in [4.69, 9.17) is 25.8 Å². The fraction of sp³-hybridized carbons (Fsp3) is 0.500. The van der Waals surface area contributed by atoms with Crippen LogP contribution >= 0.6 is 11.6 Å². The fourth-order valence-corrected chi connectivity index (χ4v) is 4.23. The number of hydrogen-bond acceptors (Lipinski definition) is 7. The lowest BCUT2D eigenvalue weighted by Gasteiger charge is -2.39. The number of methoxy groups -OCH3 is 1. The summed E-state index contributed by atoms with van der Waals surface area (Å²) in [6.07, 6.45) is 6.58. The van der Waals surface area contributed by atoms with Gasteiger partial charge in [0.1, 0.15) is 5.75 Å². The summed E-state index contributed by atoms with van der Waals surface area (Å²) in [5.41, 5.74) is 1.64.